The Bertz CT molecular complexity index is 1190. The van der Waals surface area contributed by atoms with Crippen LogP contribution in [0.1, 0.15) is 32.6 Å². The molecule has 3 heterocycles. The molecule has 1 aromatic heterocycles. The number of hydrogen-bond donors (Lipinski definition) is 1. The van der Waals surface area contributed by atoms with E-state index in [1.807, 2.05) is 20.0 Å². The van der Waals surface area contributed by atoms with Crippen LogP contribution in [0.4, 0.5) is 22.9 Å². The molecule has 0 radical (unpaired) electrons. The maximum atomic E-state index is 13.0. The number of benzene rings is 1. The zero-order valence-electron chi connectivity index (χ0n) is 20.6. The van der Waals surface area contributed by atoms with Gasteiger partial charge in [-0.1, -0.05) is 12.8 Å². The summed E-state index contributed by atoms with van der Waals surface area (Å²) < 4.78 is 27.6. The highest BCUT2D eigenvalue weighted by Gasteiger charge is 2.38. The maximum Gasteiger partial charge on any atom is 0.249 e. The molecule has 188 valence electrons. The van der Waals surface area contributed by atoms with E-state index in [1.54, 1.807) is 46.7 Å². The third-order valence-corrected chi connectivity index (χ3v) is 9.46. The molecule has 2 aromatic rings. The second kappa shape index (κ2) is 9.40. The molecule has 2 fully saturated rings. The standard InChI is InChI=1S/C25H34N6O3S/c1-18-25(32)29(3)23-17-26-24(16-22(23)31(18)20-6-4-5-7-20)27-19-8-10-21(11-9-19)35(33,34)30-14-12-28(2)13-15-30/h8-11,16-18,20H,4-7,12-15H2,1-3H3,(H,26,27). The summed E-state index contributed by atoms with van der Waals surface area (Å²) in [5.74, 6) is 0.750. The van der Waals surface area contributed by atoms with E-state index in [1.165, 1.54) is 12.8 Å². The molecular weight excluding hydrogens is 464 g/mol. The number of pyridine rings is 1. The van der Waals surface area contributed by atoms with Crippen molar-refractivity contribution in [3.8, 4) is 0 Å². The Morgan fingerprint density at radius 2 is 1.63 bits per heavy atom. The first kappa shape index (κ1) is 24.0. The average Bonchev–Trinajstić information content (AvgIpc) is 3.38. The Morgan fingerprint density at radius 3 is 2.29 bits per heavy atom. The molecule has 1 atom stereocenters. The van der Waals surface area contributed by atoms with E-state index < -0.39 is 10.0 Å². The molecule has 0 spiro atoms. The first-order chi connectivity index (χ1) is 16.8. The number of hydrogen-bond acceptors (Lipinski definition) is 7. The minimum absolute atomic E-state index is 0.0871. The maximum absolute atomic E-state index is 13.0. The zero-order chi connectivity index (χ0) is 24.7. The Morgan fingerprint density at radius 1 is 0.971 bits per heavy atom. The summed E-state index contributed by atoms with van der Waals surface area (Å²) in [6, 6.07) is 8.98. The predicted octanol–water partition coefficient (Wildman–Crippen LogP) is 2.88. The average molecular weight is 499 g/mol. The highest BCUT2D eigenvalue weighted by atomic mass is 32.2. The lowest BCUT2D eigenvalue weighted by Gasteiger charge is -2.43. The van der Waals surface area contributed by atoms with Crippen molar-refractivity contribution in [2.45, 2.75) is 49.6 Å². The Balaban J connectivity index is 1.37. The van der Waals surface area contributed by atoms with Gasteiger partial charge in [0.2, 0.25) is 15.9 Å². The molecule has 0 bridgehead atoms. The molecule has 1 unspecified atom stereocenters. The molecule has 35 heavy (non-hydrogen) atoms. The summed E-state index contributed by atoms with van der Waals surface area (Å²) in [5.41, 5.74) is 2.59. The second-order valence-corrected chi connectivity index (χ2v) is 11.8. The molecule has 5 rings (SSSR count). The van der Waals surface area contributed by atoms with Gasteiger partial charge in [0.1, 0.15) is 11.9 Å². The van der Waals surface area contributed by atoms with Crippen LogP contribution in [0, 0.1) is 0 Å². The molecular formula is C25H34N6O3S. The molecule has 9 nitrogen and oxygen atoms in total. The fraction of sp³-hybridized carbons (Fsp3) is 0.520. The van der Waals surface area contributed by atoms with E-state index in [2.05, 4.69) is 20.1 Å². The number of piperazine rings is 1. The van der Waals surface area contributed by atoms with Crippen LogP contribution >= 0.6 is 0 Å². The van der Waals surface area contributed by atoms with E-state index in [0.29, 0.717) is 29.8 Å². The molecule has 3 aliphatic rings. The first-order valence-corrected chi connectivity index (χ1v) is 13.8. The van der Waals surface area contributed by atoms with Crippen molar-refractivity contribution in [1.29, 1.82) is 0 Å². The van der Waals surface area contributed by atoms with Crippen LogP contribution < -0.4 is 15.1 Å². The van der Waals surface area contributed by atoms with Gasteiger partial charge in [-0.05, 0) is 51.1 Å². The van der Waals surface area contributed by atoms with Crippen LogP contribution in [0.5, 0.6) is 0 Å². The molecule has 1 saturated carbocycles. The molecule has 1 amide bonds. The van der Waals surface area contributed by atoms with E-state index >= 15 is 0 Å². The smallest absolute Gasteiger partial charge is 0.249 e. The predicted molar refractivity (Wildman–Crippen MR) is 138 cm³/mol. The molecule has 1 aromatic carbocycles. The highest BCUT2D eigenvalue weighted by molar-refractivity contribution is 7.89. The summed E-state index contributed by atoms with van der Waals surface area (Å²) in [6.07, 6.45) is 6.31. The third kappa shape index (κ3) is 4.50. The summed E-state index contributed by atoms with van der Waals surface area (Å²) in [5, 5.41) is 3.31. The van der Waals surface area contributed by atoms with E-state index in [9.17, 15) is 13.2 Å². The molecule has 10 heteroatoms. The minimum atomic E-state index is -3.50. The first-order valence-electron chi connectivity index (χ1n) is 12.4. The van der Waals surface area contributed by atoms with Crippen molar-refractivity contribution in [3.63, 3.8) is 0 Å². The van der Waals surface area contributed by atoms with Crippen molar-refractivity contribution in [2.75, 3.05) is 55.4 Å². The van der Waals surface area contributed by atoms with E-state index in [4.69, 9.17) is 0 Å². The zero-order valence-corrected chi connectivity index (χ0v) is 21.5. The normalized spacial score (nSPS) is 22.5. The molecule has 1 saturated heterocycles. The van der Waals surface area contributed by atoms with Gasteiger partial charge in [0.15, 0.2) is 0 Å². The Kier molecular flexibility index (Phi) is 6.45. The van der Waals surface area contributed by atoms with Crippen LogP contribution in [-0.4, -0.2) is 80.9 Å². The van der Waals surface area contributed by atoms with Gasteiger partial charge < -0.3 is 20.0 Å². The largest absolute Gasteiger partial charge is 0.355 e. The minimum Gasteiger partial charge on any atom is -0.355 e. The summed E-state index contributed by atoms with van der Waals surface area (Å²) in [6.45, 7) is 4.46. The van der Waals surface area contributed by atoms with Crippen LogP contribution in [0.2, 0.25) is 0 Å². The monoisotopic (exact) mass is 498 g/mol. The van der Waals surface area contributed by atoms with Crippen molar-refractivity contribution < 1.29 is 13.2 Å². The lowest BCUT2D eigenvalue weighted by molar-refractivity contribution is -0.119. The third-order valence-electron chi connectivity index (χ3n) is 7.55. The van der Waals surface area contributed by atoms with Crippen LogP contribution in [0.3, 0.4) is 0 Å². The number of aromatic nitrogens is 1. The number of carbonyl (C=O) groups excluding carboxylic acids is 1. The fourth-order valence-corrected chi connectivity index (χ4v) is 6.85. The van der Waals surface area contributed by atoms with Gasteiger partial charge in [0.05, 0.1) is 22.5 Å². The number of carbonyl (C=O) groups is 1. The number of rotatable bonds is 5. The van der Waals surface area contributed by atoms with E-state index in [-0.39, 0.29) is 11.9 Å². The summed E-state index contributed by atoms with van der Waals surface area (Å²) >= 11 is 0. The number of nitrogens with zero attached hydrogens (tertiary/aromatic N) is 5. The Labute approximate surface area is 207 Å². The van der Waals surface area contributed by atoms with Gasteiger partial charge >= 0.3 is 0 Å². The number of nitrogens with one attached hydrogen (secondary N) is 1. The van der Waals surface area contributed by atoms with E-state index in [0.717, 1.165) is 43.0 Å². The van der Waals surface area contributed by atoms with Crippen LogP contribution in [0.25, 0.3) is 0 Å². The van der Waals surface area contributed by atoms with Gasteiger partial charge in [-0.3, -0.25) is 4.79 Å². The second-order valence-electron chi connectivity index (χ2n) is 9.83. The van der Waals surface area contributed by atoms with Gasteiger partial charge in [-0.25, -0.2) is 13.4 Å². The van der Waals surface area contributed by atoms with Crippen LogP contribution in [-0.2, 0) is 14.8 Å². The number of sulfonamides is 1. The van der Waals surface area contributed by atoms with Crippen LogP contribution in [0.15, 0.2) is 41.4 Å². The summed E-state index contributed by atoms with van der Waals surface area (Å²) in [7, 11) is 0.304. The molecule has 1 N–H and O–H groups in total. The van der Waals surface area contributed by atoms with Crippen molar-refractivity contribution in [2.24, 2.45) is 0 Å². The fourth-order valence-electron chi connectivity index (χ4n) is 5.43. The van der Waals surface area contributed by atoms with Gasteiger partial charge in [-0.2, -0.15) is 4.31 Å². The number of anilines is 4. The lowest BCUT2D eigenvalue weighted by atomic mass is 10.0. The van der Waals surface area contributed by atoms with Crippen molar-refractivity contribution in [1.82, 2.24) is 14.2 Å². The van der Waals surface area contributed by atoms with Gasteiger partial charge in [0.25, 0.3) is 0 Å². The number of fused-ring (bicyclic) bond motifs is 1. The lowest BCUT2D eigenvalue weighted by Crippen LogP contribution is -2.54. The van der Waals surface area contributed by atoms with Gasteiger partial charge in [0, 0.05) is 51.0 Å². The van der Waals surface area contributed by atoms with Crippen molar-refractivity contribution in [3.05, 3.63) is 36.5 Å². The van der Waals surface area contributed by atoms with Gasteiger partial charge in [-0.15, -0.1) is 0 Å². The number of likely N-dealkylation sites (N-methyl/N-ethyl adjacent to an activating group) is 2. The summed E-state index contributed by atoms with van der Waals surface area (Å²) in [4.78, 5) is 23.8. The molecule has 2 aliphatic heterocycles. The molecule has 1 aliphatic carbocycles. The highest BCUT2D eigenvalue weighted by Crippen LogP contribution is 2.41. The number of amides is 1. The Hall–Kier alpha value is -2.69. The quantitative estimate of drug-likeness (QED) is 0.678. The SMILES string of the molecule is CC1C(=O)N(C)c2cnc(Nc3ccc(S(=O)(=O)N4CCN(C)CC4)cc3)cc2N1C1CCCC1. The van der Waals surface area contributed by atoms with Crippen molar-refractivity contribution >= 4 is 38.8 Å². The topological polar surface area (TPSA) is 89.1 Å².